The number of rotatable bonds is 3. The van der Waals surface area contributed by atoms with Crippen molar-refractivity contribution in [2.45, 2.75) is 38.0 Å². The molecule has 2 aromatic rings. The number of nitrogens with one attached hydrogen (secondary N) is 1. The Morgan fingerprint density at radius 1 is 1.33 bits per heavy atom. The minimum absolute atomic E-state index is 0. The first kappa shape index (κ1) is 14.8. The van der Waals surface area contributed by atoms with Crippen LogP contribution in [0.5, 0.6) is 0 Å². The van der Waals surface area contributed by atoms with E-state index in [1.54, 1.807) is 4.90 Å². The van der Waals surface area contributed by atoms with Gasteiger partial charge in [-0.1, -0.05) is 18.2 Å². The maximum Gasteiger partial charge on any atom is 0.148 e. The van der Waals surface area contributed by atoms with Gasteiger partial charge in [0.25, 0.3) is 0 Å². The lowest BCUT2D eigenvalue weighted by Crippen LogP contribution is -3.14. The number of ether oxygens (including phenoxy) is 1. The van der Waals surface area contributed by atoms with E-state index in [9.17, 15) is 0 Å². The average molecular weight is 308 g/mol. The van der Waals surface area contributed by atoms with Crippen LogP contribution in [0.15, 0.2) is 24.3 Å². The highest BCUT2D eigenvalue weighted by atomic mass is 35.5. The lowest BCUT2D eigenvalue weighted by atomic mass is 9.91. The van der Waals surface area contributed by atoms with Crippen LogP contribution in [0.3, 0.4) is 0 Å². The number of nitrogens with zero attached hydrogens (tertiary/aromatic N) is 2. The minimum Gasteiger partial charge on any atom is -1.00 e. The van der Waals surface area contributed by atoms with E-state index in [2.05, 4.69) is 36.0 Å². The summed E-state index contributed by atoms with van der Waals surface area (Å²) in [5.74, 6) is 0. The predicted molar refractivity (Wildman–Crippen MR) is 77.8 cm³/mol. The van der Waals surface area contributed by atoms with E-state index < -0.39 is 0 Å². The van der Waals surface area contributed by atoms with E-state index in [1.807, 2.05) is 0 Å². The molecule has 2 heterocycles. The van der Waals surface area contributed by atoms with Gasteiger partial charge >= 0.3 is 0 Å². The molecule has 1 fully saturated rings. The number of benzene rings is 1. The quantitative estimate of drug-likeness (QED) is 0.724. The van der Waals surface area contributed by atoms with Gasteiger partial charge in [-0.25, -0.2) is 0 Å². The maximum atomic E-state index is 6.08. The summed E-state index contributed by atoms with van der Waals surface area (Å²) in [6.45, 7) is 2.72. The summed E-state index contributed by atoms with van der Waals surface area (Å²) in [6, 6.07) is 9.26. The third kappa shape index (κ3) is 2.56. The summed E-state index contributed by atoms with van der Waals surface area (Å²) in [4.78, 5) is 1.61. The molecule has 21 heavy (non-hydrogen) atoms. The third-order valence-electron chi connectivity index (χ3n) is 4.92. The number of quaternary nitrogens is 1. The van der Waals surface area contributed by atoms with Crippen molar-refractivity contribution in [3.63, 3.8) is 0 Å². The van der Waals surface area contributed by atoms with Crippen LogP contribution in [-0.2, 0) is 11.3 Å². The Bertz CT molecular complexity index is 623. The molecule has 1 aromatic heterocycles. The van der Waals surface area contributed by atoms with Crippen LogP contribution in [0, 0.1) is 0 Å². The van der Waals surface area contributed by atoms with Crippen LogP contribution < -0.4 is 17.3 Å². The molecule has 0 amide bonds. The summed E-state index contributed by atoms with van der Waals surface area (Å²) in [5.41, 5.74) is 2.38. The molecule has 1 aliphatic carbocycles. The average Bonchev–Trinajstić information content (AvgIpc) is 2.75. The Labute approximate surface area is 131 Å². The molecule has 1 N–H and O–H groups in total. The van der Waals surface area contributed by atoms with Gasteiger partial charge in [0, 0.05) is 5.39 Å². The van der Waals surface area contributed by atoms with Crippen molar-refractivity contribution in [3.8, 4) is 0 Å². The summed E-state index contributed by atoms with van der Waals surface area (Å²) in [5, 5.41) is 5.98. The molecule has 114 valence electrons. The monoisotopic (exact) mass is 307 g/mol. The van der Waals surface area contributed by atoms with E-state index in [0.29, 0.717) is 0 Å². The summed E-state index contributed by atoms with van der Waals surface area (Å²) in [6.07, 6.45) is 4.34. The fourth-order valence-corrected chi connectivity index (χ4v) is 3.49. The Kier molecular flexibility index (Phi) is 4.20. The second-order valence-electron chi connectivity index (χ2n) is 6.16. The van der Waals surface area contributed by atoms with Gasteiger partial charge < -0.3 is 22.0 Å². The lowest BCUT2D eigenvalue weighted by molar-refractivity contribution is -0.916. The Hall–Kier alpha value is -1.10. The standard InChI is InChI=1S/C16H21N3O.ClH/c1-18(12-5-4-6-12)11-15-16-13-7-2-3-8-14(13)17-19(16)9-10-20-15;/h2-3,7-8,12,15H,4-6,9-11H2,1H3;1H. The highest BCUT2D eigenvalue weighted by Crippen LogP contribution is 2.29. The molecule has 2 aliphatic rings. The van der Waals surface area contributed by atoms with Gasteiger partial charge in [-0.05, 0) is 25.3 Å². The zero-order valence-corrected chi connectivity index (χ0v) is 13.1. The molecule has 1 aliphatic heterocycles. The first-order chi connectivity index (χ1) is 9.83. The van der Waals surface area contributed by atoms with E-state index in [0.717, 1.165) is 31.3 Å². The van der Waals surface area contributed by atoms with Crippen molar-refractivity contribution < 1.29 is 22.0 Å². The lowest BCUT2D eigenvalue weighted by Gasteiger charge is -2.34. The van der Waals surface area contributed by atoms with Gasteiger partial charge in [-0.15, -0.1) is 0 Å². The zero-order valence-electron chi connectivity index (χ0n) is 12.4. The molecule has 2 atom stereocenters. The number of likely N-dealkylation sites (N-methyl/N-ethyl adjacent to an activating group) is 1. The normalized spacial score (nSPS) is 23.2. The number of hydrogen-bond donors (Lipinski definition) is 1. The van der Waals surface area contributed by atoms with Crippen molar-refractivity contribution in [1.29, 1.82) is 0 Å². The van der Waals surface area contributed by atoms with E-state index in [4.69, 9.17) is 9.84 Å². The molecular weight excluding hydrogens is 286 g/mol. The molecule has 5 heteroatoms. The van der Waals surface area contributed by atoms with Crippen molar-refractivity contribution in [3.05, 3.63) is 30.0 Å². The molecular formula is C16H22ClN3O. The summed E-state index contributed by atoms with van der Waals surface area (Å²) < 4.78 is 8.24. The van der Waals surface area contributed by atoms with Gasteiger partial charge in [0.15, 0.2) is 0 Å². The smallest absolute Gasteiger partial charge is 0.148 e. The molecule has 1 aromatic carbocycles. The number of fused-ring (bicyclic) bond motifs is 3. The number of aromatic nitrogens is 2. The van der Waals surface area contributed by atoms with Gasteiger partial charge in [0.2, 0.25) is 0 Å². The second kappa shape index (κ2) is 5.95. The summed E-state index contributed by atoms with van der Waals surface area (Å²) >= 11 is 0. The topological polar surface area (TPSA) is 31.5 Å². The molecule has 1 saturated carbocycles. The van der Waals surface area contributed by atoms with Crippen LogP contribution in [0.25, 0.3) is 10.9 Å². The number of hydrogen-bond acceptors (Lipinski definition) is 2. The largest absolute Gasteiger partial charge is 1.00 e. The molecule has 0 saturated heterocycles. The highest BCUT2D eigenvalue weighted by Gasteiger charge is 2.32. The molecule has 4 rings (SSSR count). The summed E-state index contributed by atoms with van der Waals surface area (Å²) in [7, 11) is 2.31. The zero-order chi connectivity index (χ0) is 13.5. The van der Waals surface area contributed by atoms with Crippen molar-refractivity contribution in [2.75, 3.05) is 20.2 Å². The van der Waals surface area contributed by atoms with Gasteiger partial charge in [0.1, 0.15) is 12.6 Å². The Morgan fingerprint density at radius 3 is 2.90 bits per heavy atom. The molecule has 4 nitrogen and oxygen atoms in total. The Balaban J connectivity index is 0.00000132. The SMILES string of the molecule is C[NH+](CC1OCCn2nc3ccccc3c21)C1CCC1.[Cl-]. The third-order valence-corrected chi connectivity index (χ3v) is 4.92. The molecule has 0 spiro atoms. The van der Waals surface area contributed by atoms with E-state index >= 15 is 0 Å². The van der Waals surface area contributed by atoms with Crippen molar-refractivity contribution in [2.24, 2.45) is 0 Å². The van der Waals surface area contributed by atoms with E-state index in [-0.39, 0.29) is 18.5 Å². The fraction of sp³-hybridized carbons (Fsp3) is 0.562. The van der Waals surface area contributed by atoms with Crippen LogP contribution >= 0.6 is 0 Å². The predicted octanol–water partition coefficient (Wildman–Crippen LogP) is -1.82. The Morgan fingerprint density at radius 2 is 2.14 bits per heavy atom. The molecule has 0 bridgehead atoms. The first-order valence-electron chi connectivity index (χ1n) is 7.72. The molecule has 2 unspecified atom stereocenters. The second-order valence-corrected chi connectivity index (χ2v) is 6.16. The van der Waals surface area contributed by atoms with Crippen LogP contribution in [0.1, 0.15) is 31.1 Å². The van der Waals surface area contributed by atoms with Crippen LogP contribution in [-0.4, -0.2) is 36.0 Å². The van der Waals surface area contributed by atoms with Gasteiger partial charge in [-0.2, -0.15) is 5.10 Å². The highest BCUT2D eigenvalue weighted by molar-refractivity contribution is 5.81. The van der Waals surface area contributed by atoms with Crippen LogP contribution in [0.2, 0.25) is 0 Å². The van der Waals surface area contributed by atoms with Gasteiger partial charge in [0.05, 0.1) is 37.5 Å². The fourth-order valence-electron chi connectivity index (χ4n) is 3.49. The van der Waals surface area contributed by atoms with Crippen LogP contribution in [0.4, 0.5) is 0 Å². The minimum atomic E-state index is 0. The van der Waals surface area contributed by atoms with E-state index in [1.165, 1.54) is 30.3 Å². The van der Waals surface area contributed by atoms with Gasteiger partial charge in [-0.3, -0.25) is 4.68 Å². The van der Waals surface area contributed by atoms with Crippen molar-refractivity contribution >= 4 is 10.9 Å². The first-order valence-corrected chi connectivity index (χ1v) is 7.72. The maximum absolute atomic E-state index is 6.08. The van der Waals surface area contributed by atoms with Crippen molar-refractivity contribution in [1.82, 2.24) is 9.78 Å². The molecule has 0 radical (unpaired) electrons. The number of halogens is 1.